The summed E-state index contributed by atoms with van der Waals surface area (Å²) in [5, 5.41) is 1.00. The largest absolute Gasteiger partial charge is 0.489 e. The fraction of sp³-hybridized carbons (Fsp3) is 0.308. The first-order valence-electron chi connectivity index (χ1n) is 5.48. The minimum absolute atomic E-state index is 0.196. The monoisotopic (exact) mass is 342 g/mol. The van der Waals surface area contributed by atoms with E-state index in [-0.39, 0.29) is 11.7 Å². The minimum Gasteiger partial charge on any atom is -0.489 e. The van der Waals surface area contributed by atoms with Gasteiger partial charge in [0.15, 0.2) is 0 Å². The number of ether oxygens (including phenoxy) is 1. The Morgan fingerprint density at radius 1 is 1.47 bits per heavy atom. The molecule has 1 atom stereocenters. The van der Waals surface area contributed by atoms with Crippen molar-refractivity contribution < 1.29 is 9.15 Å². The molecule has 17 heavy (non-hydrogen) atoms. The predicted molar refractivity (Wildman–Crippen MR) is 74.2 cm³/mol. The van der Waals surface area contributed by atoms with Crippen molar-refractivity contribution in [2.45, 2.75) is 19.4 Å². The molecule has 0 amide bonds. The number of hydrogen-bond acceptors (Lipinski definition) is 3. The molecule has 0 saturated carbocycles. The van der Waals surface area contributed by atoms with Crippen molar-refractivity contribution in [1.82, 2.24) is 0 Å². The summed E-state index contributed by atoms with van der Waals surface area (Å²) in [5.41, 5.74) is 2.39. The average Bonchev–Trinajstić information content (AvgIpc) is 2.72. The van der Waals surface area contributed by atoms with E-state index in [2.05, 4.69) is 22.6 Å². The van der Waals surface area contributed by atoms with E-state index < -0.39 is 0 Å². The van der Waals surface area contributed by atoms with Crippen molar-refractivity contribution in [2.75, 3.05) is 4.43 Å². The zero-order valence-electron chi connectivity index (χ0n) is 9.33. The first-order valence-corrected chi connectivity index (χ1v) is 7.00. The SMILES string of the molecule is Cc1cc(=O)oc2c3c(ccc12)OC(CI)C3. The van der Waals surface area contributed by atoms with E-state index in [4.69, 9.17) is 9.15 Å². The number of aryl methyl sites for hydroxylation is 1. The fourth-order valence-electron chi connectivity index (χ4n) is 2.26. The van der Waals surface area contributed by atoms with E-state index in [9.17, 15) is 4.79 Å². The van der Waals surface area contributed by atoms with E-state index in [0.29, 0.717) is 5.58 Å². The molecule has 4 heteroatoms. The van der Waals surface area contributed by atoms with E-state index in [1.807, 2.05) is 19.1 Å². The summed E-state index contributed by atoms with van der Waals surface area (Å²) in [6.45, 7) is 1.93. The Morgan fingerprint density at radius 2 is 2.29 bits per heavy atom. The lowest BCUT2D eigenvalue weighted by Crippen LogP contribution is -2.13. The van der Waals surface area contributed by atoms with Crippen LogP contribution in [0.1, 0.15) is 11.1 Å². The van der Waals surface area contributed by atoms with Crippen molar-refractivity contribution in [3.05, 3.63) is 39.7 Å². The molecule has 3 rings (SSSR count). The maximum atomic E-state index is 11.4. The molecule has 0 fully saturated rings. The molecule has 0 N–H and O–H groups in total. The number of hydrogen-bond donors (Lipinski definition) is 0. The minimum atomic E-state index is -0.290. The fourth-order valence-corrected chi connectivity index (χ4v) is 2.75. The summed E-state index contributed by atoms with van der Waals surface area (Å²) in [5.74, 6) is 0.855. The van der Waals surface area contributed by atoms with Gasteiger partial charge in [-0.05, 0) is 24.6 Å². The third kappa shape index (κ3) is 1.74. The van der Waals surface area contributed by atoms with Gasteiger partial charge in [0, 0.05) is 27.9 Å². The van der Waals surface area contributed by atoms with Crippen LogP contribution in [0.15, 0.2) is 27.4 Å². The van der Waals surface area contributed by atoms with Gasteiger partial charge in [-0.3, -0.25) is 0 Å². The second-order valence-electron chi connectivity index (χ2n) is 4.27. The highest BCUT2D eigenvalue weighted by Crippen LogP contribution is 2.35. The number of fused-ring (bicyclic) bond motifs is 3. The lowest BCUT2D eigenvalue weighted by molar-refractivity contribution is 0.262. The molecule has 3 nitrogen and oxygen atoms in total. The van der Waals surface area contributed by atoms with E-state index in [0.717, 1.165) is 33.1 Å². The normalized spacial score (nSPS) is 18.1. The maximum Gasteiger partial charge on any atom is 0.336 e. The maximum absolute atomic E-state index is 11.4. The lowest BCUT2D eigenvalue weighted by Gasteiger charge is -2.05. The molecule has 1 aliphatic heterocycles. The molecule has 1 aliphatic rings. The van der Waals surface area contributed by atoms with Crippen LogP contribution in [0.25, 0.3) is 11.0 Å². The summed E-state index contributed by atoms with van der Waals surface area (Å²) in [6, 6.07) is 5.46. The smallest absolute Gasteiger partial charge is 0.336 e. The van der Waals surface area contributed by atoms with Crippen molar-refractivity contribution in [3.8, 4) is 5.75 Å². The highest BCUT2D eigenvalue weighted by Gasteiger charge is 2.25. The van der Waals surface area contributed by atoms with Gasteiger partial charge in [-0.1, -0.05) is 22.6 Å². The second-order valence-corrected chi connectivity index (χ2v) is 5.15. The molecule has 0 radical (unpaired) electrons. The summed E-state index contributed by atoms with van der Waals surface area (Å²) in [7, 11) is 0. The van der Waals surface area contributed by atoms with Crippen LogP contribution >= 0.6 is 22.6 Å². The molecular weight excluding hydrogens is 331 g/mol. The lowest BCUT2D eigenvalue weighted by atomic mass is 10.0. The van der Waals surface area contributed by atoms with Crippen molar-refractivity contribution in [2.24, 2.45) is 0 Å². The molecule has 0 aliphatic carbocycles. The van der Waals surface area contributed by atoms with Gasteiger partial charge in [0.25, 0.3) is 0 Å². The Hall–Kier alpha value is -1.04. The highest BCUT2D eigenvalue weighted by molar-refractivity contribution is 14.1. The van der Waals surface area contributed by atoms with Crippen molar-refractivity contribution >= 4 is 33.6 Å². The zero-order valence-corrected chi connectivity index (χ0v) is 11.5. The quantitative estimate of drug-likeness (QED) is 0.455. The van der Waals surface area contributed by atoms with Crippen LogP contribution < -0.4 is 10.4 Å². The number of halogens is 1. The van der Waals surface area contributed by atoms with Crippen molar-refractivity contribution in [3.63, 3.8) is 0 Å². The molecular formula is C13H11IO3. The number of rotatable bonds is 1. The Balaban J connectivity index is 2.30. The Kier molecular flexibility index (Phi) is 2.61. The first kappa shape index (κ1) is 11.1. The Bertz CT molecular complexity index is 645. The summed E-state index contributed by atoms with van der Waals surface area (Å²) in [6.07, 6.45) is 1.02. The standard InChI is InChI=1S/C13H11IO3/c1-7-4-12(15)17-13-9(7)2-3-11-10(13)5-8(6-14)16-11/h2-4,8H,5-6H2,1H3. The van der Waals surface area contributed by atoms with Gasteiger partial charge in [0.05, 0.1) is 0 Å². The summed E-state index contributed by atoms with van der Waals surface area (Å²) in [4.78, 5) is 11.4. The molecule has 0 spiro atoms. The van der Waals surface area contributed by atoms with E-state index >= 15 is 0 Å². The zero-order chi connectivity index (χ0) is 12.0. The van der Waals surface area contributed by atoms with Gasteiger partial charge in [-0.25, -0.2) is 4.79 Å². The molecule has 1 unspecified atom stereocenters. The van der Waals surface area contributed by atoms with Gasteiger partial charge in [0.2, 0.25) is 0 Å². The third-order valence-corrected chi connectivity index (χ3v) is 4.06. The summed E-state index contributed by atoms with van der Waals surface area (Å²) < 4.78 is 12.0. The summed E-state index contributed by atoms with van der Waals surface area (Å²) >= 11 is 2.31. The van der Waals surface area contributed by atoms with Gasteiger partial charge < -0.3 is 9.15 Å². The number of benzene rings is 1. The molecule has 1 aromatic carbocycles. The van der Waals surface area contributed by atoms with Crippen LogP contribution in [0, 0.1) is 6.92 Å². The topological polar surface area (TPSA) is 39.4 Å². The van der Waals surface area contributed by atoms with Crippen LogP contribution in [0.2, 0.25) is 0 Å². The molecule has 0 bridgehead atoms. The van der Waals surface area contributed by atoms with Gasteiger partial charge in [-0.2, -0.15) is 0 Å². The van der Waals surface area contributed by atoms with Crippen molar-refractivity contribution in [1.29, 1.82) is 0 Å². The Morgan fingerprint density at radius 3 is 3.06 bits per heavy atom. The van der Waals surface area contributed by atoms with Crippen LogP contribution in [-0.2, 0) is 6.42 Å². The first-order chi connectivity index (χ1) is 8.19. The van der Waals surface area contributed by atoms with E-state index in [1.54, 1.807) is 0 Å². The van der Waals surface area contributed by atoms with Crippen LogP contribution in [0.5, 0.6) is 5.75 Å². The van der Waals surface area contributed by atoms with Crippen LogP contribution in [0.4, 0.5) is 0 Å². The predicted octanol–water partition coefficient (Wildman–Crippen LogP) is 2.84. The van der Waals surface area contributed by atoms with Gasteiger partial charge in [-0.15, -0.1) is 0 Å². The molecule has 1 aromatic heterocycles. The van der Waals surface area contributed by atoms with Gasteiger partial charge >= 0.3 is 5.63 Å². The average molecular weight is 342 g/mol. The van der Waals surface area contributed by atoms with Crippen LogP contribution in [-0.4, -0.2) is 10.5 Å². The number of alkyl halides is 1. The van der Waals surface area contributed by atoms with Crippen LogP contribution in [0.3, 0.4) is 0 Å². The Labute approximate surface area is 112 Å². The second kappa shape index (κ2) is 4.01. The third-order valence-electron chi connectivity index (χ3n) is 3.08. The molecule has 2 heterocycles. The van der Waals surface area contributed by atoms with E-state index in [1.165, 1.54) is 6.07 Å². The molecule has 2 aromatic rings. The molecule has 0 saturated heterocycles. The molecule has 88 valence electrons. The van der Waals surface area contributed by atoms with Gasteiger partial charge in [0.1, 0.15) is 17.4 Å². The highest BCUT2D eigenvalue weighted by atomic mass is 127.